The van der Waals surface area contributed by atoms with Crippen molar-refractivity contribution in [1.29, 1.82) is 0 Å². The molecule has 0 aliphatic rings. The van der Waals surface area contributed by atoms with Crippen molar-refractivity contribution >= 4 is 5.69 Å². The van der Waals surface area contributed by atoms with Crippen LogP contribution in [0.5, 0.6) is 0 Å². The molecule has 0 radical (unpaired) electrons. The Kier molecular flexibility index (Phi) is 5.96. The first kappa shape index (κ1) is 16.9. The van der Waals surface area contributed by atoms with Crippen LogP contribution in [0.25, 0.3) is 0 Å². The van der Waals surface area contributed by atoms with Gasteiger partial charge in [0.25, 0.3) is 0 Å². The molecule has 1 aromatic rings. The molecule has 114 valence electrons. The van der Waals surface area contributed by atoms with Crippen LogP contribution in [0, 0.1) is 5.82 Å². The first-order chi connectivity index (χ1) is 9.20. The topological polar surface area (TPSA) is 35.5 Å². The number of nitrogens with zero attached hydrogens (tertiary/aromatic N) is 1. The average Bonchev–Trinajstić information content (AvgIpc) is 2.33. The van der Waals surface area contributed by atoms with Crippen LogP contribution in [0.3, 0.4) is 0 Å². The van der Waals surface area contributed by atoms with E-state index in [4.69, 9.17) is 0 Å². The van der Waals surface area contributed by atoms with Crippen molar-refractivity contribution in [3.8, 4) is 0 Å². The van der Waals surface area contributed by atoms with Crippen molar-refractivity contribution < 1.29 is 9.50 Å². The van der Waals surface area contributed by atoms with Gasteiger partial charge in [0, 0.05) is 36.9 Å². The molecule has 3 nitrogen and oxygen atoms in total. The second-order valence-corrected chi connectivity index (χ2v) is 6.40. The van der Waals surface area contributed by atoms with Gasteiger partial charge in [-0.05, 0) is 46.2 Å². The quantitative estimate of drug-likeness (QED) is 0.842. The van der Waals surface area contributed by atoms with E-state index in [2.05, 4.69) is 26.1 Å². The molecule has 2 N–H and O–H groups in total. The lowest BCUT2D eigenvalue weighted by atomic mass is 10.1. The second-order valence-electron chi connectivity index (χ2n) is 6.40. The number of benzene rings is 1. The summed E-state index contributed by atoms with van der Waals surface area (Å²) in [5.41, 5.74) is 1.50. The van der Waals surface area contributed by atoms with Gasteiger partial charge in [0.1, 0.15) is 5.82 Å². The molecular formula is C16H27FN2O. The van der Waals surface area contributed by atoms with Gasteiger partial charge in [0.05, 0.1) is 6.10 Å². The van der Waals surface area contributed by atoms with Gasteiger partial charge in [0.15, 0.2) is 0 Å². The van der Waals surface area contributed by atoms with E-state index in [1.165, 1.54) is 6.07 Å². The lowest BCUT2D eigenvalue weighted by Gasteiger charge is -2.26. The van der Waals surface area contributed by atoms with Crippen LogP contribution >= 0.6 is 0 Å². The largest absolute Gasteiger partial charge is 0.393 e. The molecule has 0 heterocycles. The smallest absolute Gasteiger partial charge is 0.129 e. The number of hydrogen-bond acceptors (Lipinski definition) is 3. The maximum absolute atomic E-state index is 14.1. The summed E-state index contributed by atoms with van der Waals surface area (Å²) < 4.78 is 14.1. The maximum atomic E-state index is 14.1. The highest BCUT2D eigenvalue weighted by Crippen LogP contribution is 2.23. The zero-order chi connectivity index (χ0) is 15.3. The third-order valence-corrected chi connectivity index (χ3v) is 3.18. The fourth-order valence-electron chi connectivity index (χ4n) is 1.93. The highest BCUT2D eigenvalue weighted by molar-refractivity contribution is 5.53. The lowest BCUT2D eigenvalue weighted by molar-refractivity contribution is 0.187. The van der Waals surface area contributed by atoms with E-state index in [1.54, 1.807) is 13.0 Å². The first-order valence-corrected chi connectivity index (χ1v) is 7.12. The number of anilines is 1. The normalized spacial score (nSPS) is 13.3. The molecule has 4 heteroatoms. The van der Waals surface area contributed by atoms with E-state index < -0.39 is 0 Å². The van der Waals surface area contributed by atoms with E-state index in [1.807, 2.05) is 18.0 Å². The molecular weight excluding hydrogens is 255 g/mol. The Labute approximate surface area is 121 Å². The molecule has 0 aromatic heterocycles. The predicted molar refractivity (Wildman–Crippen MR) is 82.6 cm³/mol. The van der Waals surface area contributed by atoms with Crippen molar-refractivity contribution in [1.82, 2.24) is 5.32 Å². The van der Waals surface area contributed by atoms with E-state index in [9.17, 15) is 9.50 Å². The number of nitrogens with one attached hydrogen (secondary N) is 1. The van der Waals surface area contributed by atoms with Crippen molar-refractivity contribution in [3.05, 3.63) is 29.6 Å². The molecule has 0 aliphatic heterocycles. The minimum absolute atomic E-state index is 0.0578. The van der Waals surface area contributed by atoms with Gasteiger partial charge in [0.2, 0.25) is 0 Å². The van der Waals surface area contributed by atoms with Gasteiger partial charge < -0.3 is 15.3 Å². The molecule has 20 heavy (non-hydrogen) atoms. The molecule has 1 unspecified atom stereocenters. The minimum Gasteiger partial charge on any atom is -0.393 e. The van der Waals surface area contributed by atoms with Gasteiger partial charge in [-0.2, -0.15) is 0 Å². The molecule has 0 saturated heterocycles. The van der Waals surface area contributed by atoms with Crippen LogP contribution in [-0.4, -0.2) is 30.3 Å². The van der Waals surface area contributed by atoms with E-state index in [0.29, 0.717) is 25.1 Å². The number of hydrogen-bond donors (Lipinski definition) is 2. The van der Waals surface area contributed by atoms with Gasteiger partial charge in [-0.15, -0.1) is 0 Å². The molecule has 0 bridgehead atoms. The average molecular weight is 282 g/mol. The van der Waals surface area contributed by atoms with Gasteiger partial charge in [-0.3, -0.25) is 0 Å². The summed E-state index contributed by atoms with van der Waals surface area (Å²) in [6.07, 6.45) is 0.321. The summed E-state index contributed by atoms with van der Waals surface area (Å²) in [5.74, 6) is -0.192. The Bertz CT molecular complexity index is 427. The summed E-state index contributed by atoms with van der Waals surface area (Å²) in [5, 5.41) is 12.7. The Hall–Kier alpha value is -1.13. The Morgan fingerprint density at radius 2 is 2.00 bits per heavy atom. The molecule has 1 aromatic carbocycles. The van der Waals surface area contributed by atoms with Crippen molar-refractivity contribution in [2.75, 3.05) is 18.5 Å². The molecule has 0 spiro atoms. The van der Waals surface area contributed by atoms with Crippen LogP contribution in [0.15, 0.2) is 18.2 Å². The first-order valence-electron chi connectivity index (χ1n) is 7.12. The van der Waals surface area contributed by atoms with Crippen molar-refractivity contribution in [3.63, 3.8) is 0 Å². The van der Waals surface area contributed by atoms with Crippen LogP contribution in [0.2, 0.25) is 0 Å². The summed E-state index contributed by atoms with van der Waals surface area (Å²) in [6, 6.07) is 5.14. The number of halogens is 1. The summed E-state index contributed by atoms with van der Waals surface area (Å²) in [4.78, 5) is 2.00. The second kappa shape index (κ2) is 7.04. The van der Waals surface area contributed by atoms with Crippen molar-refractivity contribution in [2.24, 2.45) is 0 Å². The standard InChI is InChI=1S/C16H27FN2O/c1-12(20)9-10-19(5)15-8-6-7-14(17)13(15)11-18-16(2,3)4/h6-8,12,18,20H,9-11H2,1-5H3. The lowest BCUT2D eigenvalue weighted by Crippen LogP contribution is -2.36. The maximum Gasteiger partial charge on any atom is 0.129 e. The molecule has 0 amide bonds. The summed E-state index contributed by atoms with van der Waals surface area (Å²) in [6.45, 7) is 9.13. The fraction of sp³-hybridized carbons (Fsp3) is 0.625. The SMILES string of the molecule is CC(O)CCN(C)c1cccc(F)c1CNC(C)(C)C. The predicted octanol–water partition coefficient (Wildman–Crippen LogP) is 2.92. The zero-order valence-electron chi connectivity index (χ0n) is 13.2. The van der Waals surface area contributed by atoms with E-state index >= 15 is 0 Å². The minimum atomic E-state index is -0.345. The van der Waals surface area contributed by atoms with E-state index in [0.717, 1.165) is 5.69 Å². The van der Waals surface area contributed by atoms with Crippen LogP contribution < -0.4 is 10.2 Å². The van der Waals surface area contributed by atoms with Crippen molar-refractivity contribution in [2.45, 2.75) is 52.3 Å². The van der Waals surface area contributed by atoms with Crippen LogP contribution in [-0.2, 0) is 6.54 Å². The monoisotopic (exact) mass is 282 g/mol. The highest BCUT2D eigenvalue weighted by atomic mass is 19.1. The summed E-state index contributed by atoms with van der Waals surface area (Å²) in [7, 11) is 1.93. The van der Waals surface area contributed by atoms with Crippen LogP contribution in [0.1, 0.15) is 39.7 Å². The third-order valence-electron chi connectivity index (χ3n) is 3.18. The molecule has 1 atom stereocenters. The molecule has 0 fully saturated rings. The van der Waals surface area contributed by atoms with E-state index in [-0.39, 0.29) is 17.5 Å². The molecule has 0 saturated carbocycles. The Morgan fingerprint density at radius 3 is 2.55 bits per heavy atom. The third kappa shape index (κ3) is 5.47. The van der Waals surface area contributed by atoms with Gasteiger partial charge in [-0.25, -0.2) is 4.39 Å². The van der Waals surface area contributed by atoms with Gasteiger partial charge >= 0.3 is 0 Å². The number of aliphatic hydroxyl groups excluding tert-OH is 1. The van der Waals surface area contributed by atoms with Gasteiger partial charge in [-0.1, -0.05) is 6.07 Å². The Morgan fingerprint density at radius 1 is 1.35 bits per heavy atom. The molecule has 0 aliphatic carbocycles. The van der Waals surface area contributed by atoms with Crippen LogP contribution in [0.4, 0.5) is 10.1 Å². The number of aliphatic hydroxyl groups is 1. The number of rotatable bonds is 6. The molecule has 1 rings (SSSR count). The Balaban J connectivity index is 2.87. The highest BCUT2D eigenvalue weighted by Gasteiger charge is 2.15. The zero-order valence-corrected chi connectivity index (χ0v) is 13.2. The fourth-order valence-corrected chi connectivity index (χ4v) is 1.93. The summed E-state index contributed by atoms with van der Waals surface area (Å²) >= 11 is 0.